The van der Waals surface area contributed by atoms with Crippen molar-refractivity contribution >= 4 is 17.9 Å². The van der Waals surface area contributed by atoms with Crippen LogP contribution in [0.25, 0.3) is 0 Å². The van der Waals surface area contributed by atoms with Gasteiger partial charge >= 0.3 is 6.09 Å². The second kappa shape index (κ2) is 12.2. The van der Waals surface area contributed by atoms with Gasteiger partial charge in [0.05, 0.1) is 5.92 Å². The summed E-state index contributed by atoms with van der Waals surface area (Å²) in [5.41, 5.74) is 0.456. The van der Waals surface area contributed by atoms with Gasteiger partial charge in [0.2, 0.25) is 11.8 Å². The van der Waals surface area contributed by atoms with Crippen LogP contribution in [0.3, 0.4) is 0 Å². The summed E-state index contributed by atoms with van der Waals surface area (Å²) in [5, 5.41) is 5.60. The maximum atomic E-state index is 13.0. The van der Waals surface area contributed by atoms with E-state index in [1.54, 1.807) is 14.1 Å². The molecule has 7 heteroatoms. The van der Waals surface area contributed by atoms with E-state index in [2.05, 4.69) is 10.6 Å². The second-order valence-corrected chi connectivity index (χ2v) is 8.82. The number of carbonyl (C=O) groups excluding carboxylic acids is 3. The van der Waals surface area contributed by atoms with Gasteiger partial charge in [-0.05, 0) is 17.4 Å². The van der Waals surface area contributed by atoms with Crippen LogP contribution in [0, 0.1) is 11.3 Å². The molecule has 0 aliphatic heterocycles. The van der Waals surface area contributed by atoms with Gasteiger partial charge in [0.25, 0.3) is 0 Å². The number of ether oxygens (including phenoxy) is 1. The van der Waals surface area contributed by atoms with Crippen molar-refractivity contribution in [1.29, 1.82) is 0 Å². The highest BCUT2D eigenvalue weighted by atomic mass is 16.5. The number of nitrogens with one attached hydrogen (secondary N) is 2. The van der Waals surface area contributed by atoms with Gasteiger partial charge in [-0.2, -0.15) is 0 Å². The SMILES string of the molecule is CCCC[C@H](CNC(=O)OCc1ccccc1)C(=O)N[C@H](C(=O)N(C)C)C(C)(C)C. The maximum Gasteiger partial charge on any atom is 0.407 e. The molecule has 0 aliphatic carbocycles. The molecule has 2 atom stereocenters. The highest BCUT2D eigenvalue weighted by Crippen LogP contribution is 2.21. The van der Waals surface area contributed by atoms with Crippen LogP contribution < -0.4 is 10.6 Å². The minimum atomic E-state index is -0.644. The number of carbonyl (C=O) groups is 3. The summed E-state index contributed by atoms with van der Waals surface area (Å²) in [6.45, 7) is 8.12. The first-order chi connectivity index (χ1) is 14.1. The normalized spacial score (nSPS) is 13.1. The maximum absolute atomic E-state index is 13.0. The fourth-order valence-corrected chi connectivity index (χ4v) is 2.92. The van der Waals surface area contributed by atoms with Crippen LogP contribution in [-0.4, -0.2) is 49.5 Å². The zero-order valence-corrected chi connectivity index (χ0v) is 19.2. The zero-order chi connectivity index (χ0) is 22.7. The van der Waals surface area contributed by atoms with E-state index >= 15 is 0 Å². The quantitative estimate of drug-likeness (QED) is 0.609. The van der Waals surface area contributed by atoms with Crippen molar-refractivity contribution in [2.24, 2.45) is 11.3 Å². The zero-order valence-electron chi connectivity index (χ0n) is 19.2. The van der Waals surface area contributed by atoms with Gasteiger partial charge < -0.3 is 20.3 Å². The van der Waals surface area contributed by atoms with E-state index in [0.717, 1.165) is 18.4 Å². The molecule has 0 saturated heterocycles. The van der Waals surface area contributed by atoms with E-state index in [1.165, 1.54) is 4.90 Å². The molecule has 0 fully saturated rings. The van der Waals surface area contributed by atoms with Gasteiger partial charge in [-0.15, -0.1) is 0 Å². The molecule has 168 valence electrons. The van der Waals surface area contributed by atoms with Crippen LogP contribution in [0.15, 0.2) is 30.3 Å². The average molecular weight is 420 g/mol. The highest BCUT2D eigenvalue weighted by molar-refractivity contribution is 5.89. The Balaban J connectivity index is 2.70. The standard InChI is InChI=1S/C23H37N3O4/c1-7-8-14-18(15-24-22(29)30-16-17-12-10-9-11-13-17)20(27)25-19(23(2,3)4)21(28)26(5)6/h9-13,18-19H,7-8,14-16H2,1-6H3,(H,24,29)(H,25,27)/t18-,19-/m1/s1. The lowest BCUT2D eigenvalue weighted by atomic mass is 9.85. The molecular weight excluding hydrogens is 382 g/mol. The smallest absolute Gasteiger partial charge is 0.407 e. The molecule has 0 aromatic heterocycles. The Kier molecular flexibility index (Phi) is 10.4. The number of nitrogens with zero attached hydrogens (tertiary/aromatic N) is 1. The first-order valence-electron chi connectivity index (χ1n) is 10.5. The van der Waals surface area contributed by atoms with Crippen LogP contribution >= 0.6 is 0 Å². The van der Waals surface area contributed by atoms with E-state index in [-0.39, 0.29) is 25.0 Å². The molecule has 1 aromatic rings. The van der Waals surface area contributed by atoms with Crippen molar-refractivity contribution in [1.82, 2.24) is 15.5 Å². The summed E-state index contributed by atoms with van der Waals surface area (Å²) in [6, 6.07) is 8.75. The third-order valence-electron chi connectivity index (χ3n) is 4.82. The lowest BCUT2D eigenvalue weighted by Gasteiger charge is -2.33. The molecule has 0 saturated carbocycles. The van der Waals surface area contributed by atoms with Crippen molar-refractivity contribution in [2.45, 2.75) is 59.6 Å². The summed E-state index contributed by atoms with van der Waals surface area (Å²) in [6.07, 6.45) is 1.83. The Morgan fingerprint density at radius 3 is 2.27 bits per heavy atom. The Bertz CT molecular complexity index is 683. The van der Waals surface area contributed by atoms with Crippen molar-refractivity contribution in [3.63, 3.8) is 0 Å². The van der Waals surface area contributed by atoms with Crippen molar-refractivity contribution in [2.75, 3.05) is 20.6 Å². The Labute approximate surface area is 180 Å². The van der Waals surface area contributed by atoms with Crippen LogP contribution in [0.5, 0.6) is 0 Å². The van der Waals surface area contributed by atoms with E-state index in [0.29, 0.717) is 6.42 Å². The number of hydrogen-bond acceptors (Lipinski definition) is 4. The lowest BCUT2D eigenvalue weighted by Crippen LogP contribution is -2.55. The van der Waals surface area contributed by atoms with Gasteiger partial charge in [-0.25, -0.2) is 4.79 Å². The summed E-state index contributed by atoms with van der Waals surface area (Å²) in [5.74, 6) is -0.823. The minimum Gasteiger partial charge on any atom is -0.445 e. The molecule has 1 aromatic carbocycles. The van der Waals surface area contributed by atoms with Gasteiger partial charge in [-0.1, -0.05) is 70.9 Å². The fraction of sp³-hybridized carbons (Fsp3) is 0.609. The largest absolute Gasteiger partial charge is 0.445 e. The number of alkyl carbamates (subject to hydrolysis) is 1. The number of unbranched alkanes of at least 4 members (excludes halogenated alkanes) is 1. The van der Waals surface area contributed by atoms with Gasteiger partial charge in [0.1, 0.15) is 12.6 Å². The topological polar surface area (TPSA) is 87.7 Å². The molecule has 3 amide bonds. The number of hydrogen-bond donors (Lipinski definition) is 2. The van der Waals surface area contributed by atoms with Crippen LogP contribution in [-0.2, 0) is 20.9 Å². The highest BCUT2D eigenvalue weighted by Gasteiger charge is 2.35. The Morgan fingerprint density at radius 1 is 1.10 bits per heavy atom. The predicted octanol–water partition coefficient (Wildman–Crippen LogP) is 3.34. The summed E-state index contributed by atoms with van der Waals surface area (Å²) >= 11 is 0. The fourth-order valence-electron chi connectivity index (χ4n) is 2.92. The predicted molar refractivity (Wildman–Crippen MR) is 118 cm³/mol. The molecule has 0 spiro atoms. The van der Waals surface area contributed by atoms with Crippen LogP contribution in [0.1, 0.15) is 52.5 Å². The lowest BCUT2D eigenvalue weighted by molar-refractivity contribution is -0.138. The molecular formula is C23H37N3O4. The molecule has 0 aliphatic rings. The van der Waals surface area contributed by atoms with Crippen molar-refractivity contribution in [3.8, 4) is 0 Å². The number of likely N-dealkylation sites (N-methyl/N-ethyl adjacent to an activating group) is 1. The molecule has 30 heavy (non-hydrogen) atoms. The van der Waals surface area contributed by atoms with Crippen molar-refractivity contribution in [3.05, 3.63) is 35.9 Å². The molecule has 0 radical (unpaired) electrons. The first kappa shape index (κ1) is 25.5. The third kappa shape index (κ3) is 8.84. The molecule has 2 N–H and O–H groups in total. The molecule has 0 heterocycles. The van der Waals surface area contributed by atoms with E-state index in [4.69, 9.17) is 4.74 Å². The van der Waals surface area contributed by atoms with Crippen LogP contribution in [0.2, 0.25) is 0 Å². The minimum absolute atomic E-state index is 0.152. The summed E-state index contributed by atoms with van der Waals surface area (Å²) < 4.78 is 5.23. The van der Waals surface area contributed by atoms with Crippen LogP contribution in [0.4, 0.5) is 4.79 Å². The summed E-state index contributed by atoms with van der Waals surface area (Å²) in [7, 11) is 3.35. The van der Waals surface area contributed by atoms with E-state index in [9.17, 15) is 14.4 Å². The second-order valence-electron chi connectivity index (χ2n) is 8.82. The monoisotopic (exact) mass is 419 g/mol. The van der Waals surface area contributed by atoms with Gasteiger partial charge in [0.15, 0.2) is 0 Å². The molecule has 7 nitrogen and oxygen atoms in total. The number of rotatable bonds is 10. The van der Waals surface area contributed by atoms with Gasteiger partial charge in [-0.3, -0.25) is 9.59 Å². The number of benzene rings is 1. The summed E-state index contributed by atoms with van der Waals surface area (Å²) in [4.78, 5) is 39.1. The third-order valence-corrected chi connectivity index (χ3v) is 4.82. The van der Waals surface area contributed by atoms with Gasteiger partial charge in [0, 0.05) is 20.6 Å². The molecule has 0 unspecified atom stereocenters. The van der Waals surface area contributed by atoms with E-state index in [1.807, 2.05) is 58.0 Å². The molecule has 0 bridgehead atoms. The average Bonchev–Trinajstić information content (AvgIpc) is 2.69. The van der Waals surface area contributed by atoms with Crippen molar-refractivity contribution < 1.29 is 19.1 Å². The van der Waals surface area contributed by atoms with E-state index < -0.39 is 23.5 Å². The molecule has 1 rings (SSSR count). The Morgan fingerprint density at radius 2 is 1.73 bits per heavy atom. The first-order valence-corrected chi connectivity index (χ1v) is 10.5. The number of amides is 3. The Hall–Kier alpha value is -2.57.